The Kier molecular flexibility index (Phi) is 2.11. The lowest BCUT2D eigenvalue weighted by Crippen LogP contribution is -2.37. The molecule has 8 heteroatoms. The number of carboxylic acids is 2. The molecule has 2 heterocycles. The molecule has 0 radical (unpaired) electrons. The summed E-state index contributed by atoms with van der Waals surface area (Å²) in [5, 5.41) is 23.6. The lowest BCUT2D eigenvalue weighted by molar-refractivity contribution is 0.0647. The Labute approximate surface area is 88.5 Å². The van der Waals surface area contributed by atoms with Gasteiger partial charge in [0.25, 0.3) is 0 Å². The molecule has 84 valence electrons. The molecule has 1 aromatic heterocycles. The average molecular weight is 225 g/mol. The van der Waals surface area contributed by atoms with E-state index in [1.165, 1.54) is 0 Å². The number of nitrogens with one attached hydrogen (secondary N) is 1. The molecule has 0 saturated carbocycles. The lowest BCUT2D eigenvalue weighted by Gasteiger charge is -2.13. The van der Waals surface area contributed by atoms with Gasteiger partial charge in [0.05, 0.1) is 5.69 Å². The van der Waals surface area contributed by atoms with E-state index in [0.29, 0.717) is 0 Å². The summed E-state index contributed by atoms with van der Waals surface area (Å²) in [5.41, 5.74) is -0.907. The molecule has 0 atom stereocenters. The second kappa shape index (κ2) is 3.33. The van der Waals surface area contributed by atoms with Gasteiger partial charge in [-0.15, -0.1) is 0 Å². The maximum atomic E-state index is 11.3. The van der Waals surface area contributed by atoms with Crippen molar-refractivity contribution in [1.29, 1.82) is 0 Å². The van der Waals surface area contributed by atoms with Gasteiger partial charge in [0.2, 0.25) is 0 Å². The van der Waals surface area contributed by atoms with Gasteiger partial charge < -0.3 is 15.5 Å². The van der Waals surface area contributed by atoms with Gasteiger partial charge in [0.15, 0.2) is 5.69 Å². The first-order valence-corrected chi connectivity index (χ1v) is 4.39. The SMILES string of the molecule is O=C(O)c1nn2c(c1C(=O)O)CCNC2=O. The zero-order valence-electron chi connectivity index (χ0n) is 7.93. The molecule has 1 aliphatic heterocycles. The Morgan fingerprint density at radius 1 is 1.31 bits per heavy atom. The molecular formula is C8H7N3O5. The summed E-state index contributed by atoms with van der Waals surface area (Å²) in [6.45, 7) is 0.268. The van der Waals surface area contributed by atoms with Crippen molar-refractivity contribution in [1.82, 2.24) is 15.1 Å². The molecule has 0 fully saturated rings. The number of nitrogens with zero attached hydrogens (tertiary/aromatic N) is 2. The van der Waals surface area contributed by atoms with Crippen LogP contribution in [-0.2, 0) is 6.42 Å². The monoisotopic (exact) mass is 225 g/mol. The van der Waals surface area contributed by atoms with Crippen molar-refractivity contribution in [2.75, 3.05) is 6.54 Å². The Balaban J connectivity index is 2.69. The van der Waals surface area contributed by atoms with E-state index in [1.807, 2.05) is 0 Å². The van der Waals surface area contributed by atoms with E-state index in [9.17, 15) is 14.4 Å². The first-order valence-electron chi connectivity index (χ1n) is 4.39. The van der Waals surface area contributed by atoms with Crippen LogP contribution in [0.15, 0.2) is 0 Å². The number of amides is 1. The van der Waals surface area contributed by atoms with Gasteiger partial charge in [-0.05, 0) is 0 Å². The van der Waals surface area contributed by atoms with Crippen molar-refractivity contribution in [3.05, 3.63) is 17.0 Å². The van der Waals surface area contributed by atoms with Gasteiger partial charge in [0, 0.05) is 13.0 Å². The lowest BCUT2D eigenvalue weighted by atomic mass is 10.1. The zero-order valence-corrected chi connectivity index (χ0v) is 7.93. The molecule has 3 N–H and O–H groups in total. The van der Waals surface area contributed by atoms with E-state index < -0.39 is 29.2 Å². The van der Waals surface area contributed by atoms with Crippen LogP contribution in [0.1, 0.15) is 26.5 Å². The minimum absolute atomic E-state index is 0.119. The molecule has 16 heavy (non-hydrogen) atoms. The van der Waals surface area contributed by atoms with E-state index in [4.69, 9.17) is 10.2 Å². The highest BCUT2D eigenvalue weighted by Crippen LogP contribution is 2.17. The topological polar surface area (TPSA) is 122 Å². The standard InChI is InChI=1S/C8H7N3O5/c12-6(13)4-3-1-2-9-8(16)11(3)10-5(4)7(14)15/h1-2H2,(H,9,16)(H,12,13)(H,14,15). The summed E-state index contributed by atoms with van der Waals surface area (Å²) in [5.74, 6) is -2.86. The number of hydrogen-bond donors (Lipinski definition) is 3. The maximum Gasteiger partial charge on any atom is 0.357 e. The number of hydrogen-bond acceptors (Lipinski definition) is 4. The second-order valence-electron chi connectivity index (χ2n) is 3.17. The van der Waals surface area contributed by atoms with E-state index >= 15 is 0 Å². The number of rotatable bonds is 2. The third-order valence-electron chi connectivity index (χ3n) is 2.23. The van der Waals surface area contributed by atoms with Crippen molar-refractivity contribution < 1.29 is 24.6 Å². The normalized spacial score (nSPS) is 14.1. The molecule has 1 amide bonds. The first kappa shape index (κ1) is 10.1. The fourth-order valence-electron chi connectivity index (χ4n) is 1.59. The molecule has 1 aromatic rings. The number of fused-ring (bicyclic) bond motifs is 1. The van der Waals surface area contributed by atoms with E-state index in [1.54, 1.807) is 0 Å². The molecule has 0 unspecified atom stereocenters. The van der Waals surface area contributed by atoms with Crippen LogP contribution >= 0.6 is 0 Å². The van der Waals surface area contributed by atoms with Crippen LogP contribution in [0, 0.1) is 0 Å². The summed E-state index contributed by atoms with van der Waals surface area (Å²) >= 11 is 0. The number of aromatic carboxylic acids is 2. The highest BCUT2D eigenvalue weighted by Gasteiger charge is 2.31. The Morgan fingerprint density at radius 2 is 2.00 bits per heavy atom. The van der Waals surface area contributed by atoms with Crippen molar-refractivity contribution in [3.63, 3.8) is 0 Å². The van der Waals surface area contributed by atoms with Gasteiger partial charge in [-0.25, -0.2) is 14.4 Å². The van der Waals surface area contributed by atoms with Crippen molar-refractivity contribution >= 4 is 18.0 Å². The van der Waals surface area contributed by atoms with Gasteiger partial charge in [-0.1, -0.05) is 0 Å². The average Bonchev–Trinajstić information content (AvgIpc) is 2.58. The van der Waals surface area contributed by atoms with Crippen LogP contribution in [0.3, 0.4) is 0 Å². The number of carbonyl (C=O) groups excluding carboxylic acids is 1. The molecule has 0 spiro atoms. The maximum absolute atomic E-state index is 11.3. The molecule has 0 bridgehead atoms. The van der Waals surface area contributed by atoms with Gasteiger partial charge >= 0.3 is 18.0 Å². The zero-order chi connectivity index (χ0) is 11.9. The van der Waals surface area contributed by atoms with Crippen LogP contribution in [0.25, 0.3) is 0 Å². The van der Waals surface area contributed by atoms with Crippen LogP contribution in [0.4, 0.5) is 4.79 Å². The second-order valence-corrected chi connectivity index (χ2v) is 3.17. The minimum atomic E-state index is -1.47. The van der Waals surface area contributed by atoms with E-state index in [2.05, 4.69) is 10.4 Å². The quantitative estimate of drug-likeness (QED) is 0.617. The highest BCUT2D eigenvalue weighted by molar-refractivity contribution is 6.02. The third kappa shape index (κ3) is 1.31. The third-order valence-corrected chi connectivity index (χ3v) is 2.23. The summed E-state index contributed by atoms with van der Waals surface area (Å²) in [7, 11) is 0. The molecule has 1 aliphatic rings. The summed E-state index contributed by atoms with van der Waals surface area (Å²) in [6, 6.07) is -0.615. The molecule has 8 nitrogen and oxygen atoms in total. The summed E-state index contributed by atoms with van der Waals surface area (Å²) in [6.07, 6.45) is 0.244. The molecule has 0 aromatic carbocycles. The molecular weight excluding hydrogens is 218 g/mol. The van der Waals surface area contributed by atoms with Gasteiger partial charge in [-0.3, -0.25) is 0 Å². The molecule has 2 rings (SSSR count). The molecule has 0 aliphatic carbocycles. The Hall–Kier alpha value is -2.38. The van der Waals surface area contributed by atoms with Gasteiger partial charge in [0.1, 0.15) is 5.56 Å². The summed E-state index contributed by atoms with van der Waals surface area (Å²) < 4.78 is 0.788. The van der Waals surface area contributed by atoms with Crippen LogP contribution < -0.4 is 5.32 Å². The Morgan fingerprint density at radius 3 is 2.56 bits per heavy atom. The smallest absolute Gasteiger partial charge is 0.357 e. The Bertz CT molecular complexity index is 504. The summed E-state index contributed by atoms with van der Waals surface area (Å²) in [4.78, 5) is 33.0. The van der Waals surface area contributed by atoms with E-state index in [-0.39, 0.29) is 18.7 Å². The predicted molar refractivity (Wildman–Crippen MR) is 48.6 cm³/mol. The molecule has 0 saturated heterocycles. The van der Waals surface area contributed by atoms with Crippen molar-refractivity contribution in [2.45, 2.75) is 6.42 Å². The largest absolute Gasteiger partial charge is 0.478 e. The predicted octanol–water partition coefficient (Wildman–Crippen LogP) is -0.607. The number of carboxylic acid groups (broad SMARTS) is 2. The van der Waals surface area contributed by atoms with Gasteiger partial charge in [-0.2, -0.15) is 9.78 Å². The fraction of sp³-hybridized carbons (Fsp3) is 0.250. The van der Waals surface area contributed by atoms with Crippen LogP contribution in [0.5, 0.6) is 0 Å². The van der Waals surface area contributed by atoms with Crippen molar-refractivity contribution in [3.8, 4) is 0 Å². The highest BCUT2D eigenvalue weighted by atomic mass is 16.4. The number of aromatic nitrogens is 2. The van der Waals surface area contributed by atoms with Crippen molar-refractivity contribution in [2.24, 2.45) is 0 Å². The first-order chi connectivity index (χ1) is 7.52. The number of carbonyl (C=O) groups is 3. The minimum Gasteiger partial charge on any atom is -0.478 e. The fourth-order valence-corrected chi connectivity index (χ4v) is 1.59. The van der Waals surface area contributed by atoms with Crippen LogP contribution in [0.2, 0.25) is 0 Å². The van der Waals surface area contributed by atoms with E-state index in [0.717, 1.165) is 4.68 Å². The van der Waals surface area contributed by atoms with Crippen LogP contribution in [-0.4, -0.2) is 44.5 Å².